The number of allylic oxidation sites excluding steroid dienone is 2. The highest BCUT2D eigenvalue weighted by Crippen LogP contribution is 2.46. The summed E-state index contributed by atoms with van der Waals surface area (Å²) < 4.78 is 0. The molecule has 0 spiro atoms. The third kappa shape index (κ3) is 5.29. The lowest BCUT2D eigenvalue weighted by molar-refractivity contribution is 0.104. The minimum Gasteiger partial charge on any atom is -0.300 e. The van der Waals surface area contributed by atoms with Crippen LogP contribution in [0.2, 0.25) is 0 Å². The molecule has 2 nitrogen and oxygen atoms in total. The summed E-state index contributed by atoms with van der Waals surface area (Å²) in [4.78, 5) is 16.4. The maximum Gasteiger partial charge on any atom is 0.199 e. The average Bonchev–Trinajstić information content (AvgIpc) is 2.77. The maximum absolute atomic E-state index is 13.1. The molecule has 0 saturated carbocycles. The molecule has 0 aromatic heterocycles. The highest BCUT2D eigenvalue weighted by Gasteiger charge is 2.26. The van der Waals surface area contributed by atoms with E-state index in [1.165, 1.54) is 22.3 Å². The summed E-state index contributed by atoms with van der Waals surface area (Å²) in [6.07, 6.45) is 3.03. The molecule has 1 aliphatic heterocycles. The first-order valence-electron chi connectivity index (χ1n) is 10.5. The number of ketones is 1. The largest absolute Gasteiger partial charge is 0.300 e. The SMILES string of the molecule is CCN(CC)C/C(C)=C(/C)CC1SC(C(=O)c2ccccc2)=Cc2ccccc21. The smallest absolute Gasteiger partial charge is 0.199 e. The molecule has 29 heavy (non-hydrogen) atoms. The van der Waals surface area contributed by atoms with Crippen LogP contribution < -0.4 is 0 Å². The third-order valence-electron chi connectivity index (χ3n) is 5.73. The minimum atomic E-state index is 0.122. The first-order valence-corrected chi connectivity index (χ1v) is 11.4. The summed E-state index contributed by atoms with van der Waals surface area (Å²) >= 11 is 1.72. The van der Waals surface area contributed by atoms with Crippen LogP contribution in [-0.4, -0.2) is 30.3 Å². The van der Waals surface area contributed by atoms with Crippen molar-refractivity contribution in [1.82, 2.24) is 4.90 Å². The standard InChI is InChI=1S/C26H31NOS/c1-5-27(6-2)18-20(4)19(3)16-24-23-15-11-10-14-22(23)17-25(29-24)26(28)21-12-8-7-9-13-21/h7-15,17,24H,5-6,16,18H2,1-4H3/b20-19-. The summed E-state index contributed by atoms with van der Waals surface area (Å²) in [5, 5.41) is 0.269. The second-order valence-electron chi connectivity index (χ2n) is 7.67. The molecule has 2 aromatic rings. The van der Waals surface area contributed by atoms with Crippen LogP contribution in [0.3, 0.4) is 0 Å². The zero-order valence-corrected chi connectivity index (χ0v) is 18.8. The van der Waals surface area contributed by atoms with Crippen molar-refractivity contribution in [2.45, 2.75) is 39.4 Å². The number of rotatable bonds is 8. The summed E-state index contributed by atoms with van der Waals surface area (Å²) in [7, 11) is 0. The fourth-order valence-corrected chi connectivity index (χ4v) is 5.10. The van der Waals surface area contributed by atoms with Crippen LogP contribution in [0.15, 0.2) is 70.6 Å². The van der Waals surface area contributed by atoms with E-state index < -0.39 is 0 Å². The minimum absolute atomic E-state index is 0.122. The molecule has 1 aliphatic rings. The lowest BCUT2D eigenvalue weighted by Gasteiger charge is -2.26. The Morgan fingerprint density at radius 1 is 0.931 bits per heavy atom. The number of Topliss-reactive ketones (excluding diaryl/α,β-unsaturated/α-hetero) is 1. The van der Waals surface area contributed by atoms with Gasteiger partial charge in [0.2, 0.25) is 0 Å². The second-order valence-corrected chi connectivity index (χ2v) is 8.91. The van der Waals surface area contributed by atoms with E-state index in [4.69, 9.17) is 0 Å². The van der Waals surface area contributed by atoms with Crippen molar-refractivity contribution >= 4 is 23.6 Å². The van der Waals surface area contributed by atoms with Crippen LogP contribution in [0.5, 0.6) is 0 Å². The quantitative estimate of drug-likeness (QED) is 0.357. The van der Waals surface area contributed by atoms with Gasteiger partial charge < -0.3 is 0 Å². The van der Waals surface area contributed by atoms with Crippen LogP contribution in [-0.2, 0) is 0 Å². The van der Waals surface area contributed by atoms with Crippen molar-refractivity contribution < 1.29 is 4.79 Å². The van der Waals surface area contributed by atoms with Crippen molar-refractivity contribution in [3.63, 3.8) is 0 Å². The summed E-state index contributed by atoms with van der Waals surface area (Å²) in [5.41, 5.74) is 6.13. The first-order chi connectivity index (χ1) is 14.0. The summed E-state index contributed by atoms with van der Waals surface area (Å²) in [5.74, 6) is 0.122. The molecule has 0 fully saturated rings. The molecule has 1 heterocycles. The molecule has 0 amide bonds. The fourth-order valence-electron chi connectivity index (χ4n) is 3.70. The van der Waals surface area contributed by atoms with E-state index in [2.05, 4.69) is 62.9 Å². The third-order valence-corrected chi connectivity index (χ3v) is 7.00. The van der Waals surface area contributed by atoms with Gasteiger partial charge in [-0.1, -0.05) is 79.6 Å². The number of benzene rings is 2. The zero-order valence-electron chi connectivity index (χ0n) is 17.9. The Bertz CT molecular complexity index is 909. The van der Waals surface area contributed by atoms with Crippen molar-refractivity contribution in [2.24, 2.45) is 0 Å². The Morgan fingerprint density at radius 3 is 2.28 bits per heavy atom. The second kappa shape index (κ2) is 10.1. The first kappa shape index (κ1) is 21.6. The van der Waals surface area contributed by atoms with Gasteiger partial charge in [-0.25, -0.2) is 0 Å². The van der Waals surface area contributed by atoms with Gasteiger partial charge >= 0.3 is 0 Å². The van der Waals surface area contributed by atoms with Gasteiger partial charge in [0.1, 0.15) is 0 Å². The van der Waals surface area contributed by atoms with Crippen molar-refractivity contribution in [1.29, 1.82) is 0 Å². The molecular formula is C26H31NOS. The Balaban J connectivity index is 1.86. The van der Waals surface area contributed by atoms with E-state index in [9.17, 15) is 4.79 Å². The van der Waals surface area contributed by atoms with Gasteiger partial charge in [0, 0.05) is 17.4 Å². The Kier molecular flexibility index (Phi) is 7.51. The molecule has 1 unspecified atom stereocenters. The average molecular weight is 406 g/mol. The fraction of sp³-hybridized carbons (Fsp3) is 0.346. The summed E-state index contributed by atoms with van der Waals surface area (Å²) in [6, 6.07) is 18.1. The van der Waals surface area contributed by atoms with E-state index in [1.54, 1.807) is 11.8 Å². The normalized spacial score (nSPS) is 16.9. The lowest BCUT2D eigenvalue weighted by atomic mass is 9.96. The molecule has 1 atom stereocenters. The van der Waals surface area contributed by atoms with Gasteiger partial charge in [-0.05, 0) is 50.6 Å². The molecule has 152 valence electrons. The van der Waals surface area contributed by atoms with E-state index in [-0.39, 0.29) is 11.0 Å². The number of thioether (sulfide) groups is 1. The Hall–Kier alpha value is -2.10. The zero-order chi connectivity index (χ0) is 20.8. The number of hydrogen-bond donors (Lipinski definition) is 0. The van der Waals surface area contributed by atoms with E-state index >= 15 is 0 Å². The van der Waals surface area contributed by atoms with Crippen molar-refractivity contribution in [2.75, 3.05) is 19.6 Å². The predicted molar refractivity (Wildman–Crippen MR) is 126 cm³/mol. The van der Waals surface area contributed by atoms with Gasteiger partial charge in [0.15, 0.2) is 5.78 Å². The van der Waals surface area contributed by atoms with Crippen LogP contribution in [0.4, 0.5) is 0 Å². The topological polar surface area (TPSA) is 20.3 Å². The monoisotopic (exact) mass is 405 g/mol. The molecule has 3 heteroatoms. The number of likely N-dealkylation sites (N-methyl/N-ethyl adjacent to an activating group) is 1. The number of fused-ring (bicyclic) bond motifs is 1. The highest BCUT2D eigenvalue weighted by atomic mass is 32.2. The maximum atomic E-state index is 13.1. The van der Waals surface area contributed by atoms with Crippen LogP contribution >= 0.6 is 11.8 Å². The van der Waals surface area contributed by atoms with Crippen molar-refractivity contribution in [3.05, 3.63) is 87.3 Å². The van der Waals surface area contributed by atoms with E-state index in [1.807, 2.05) is 30.3 Å². The molecule has 0 saturated heterocycles. The van der Waals surface area contributed by atoms with Crippen molar-refractivity contribution in [3.8, 4) is 0 Å². The number of carbonyl (C=O) groups is 1. The number of hydrogen-bond acceptors (Lipinski definition) is 3. The molecule has 0 N–H and O–H groups in total. The van der Waals surface area contributed by atoms with Gasteiger partial charge in [0.05, 0.1) is 4.91 Å². The van der Waals surface area contributed by atoms with Gasteiger partial charge in [-0.3, -0.25) is 9.69 Å². The lowest BCUT2D eigenvalue weighted by Crippen LogP contribution is -2.25. The van der Waals surface area contributed by atoms with Crippen LogP contribution in [0.25, 0.3) is 6.08 Å². The summed E-state index contributed by atoms with van der Waals surface area (Å²) in [6.45, 7) is 12.1. The number of nitrogens with zero attached hydrogens (tertiary/aromatic N) is 1. The highest BCUT2D eigenvalue weighted by molar-refractivity contribution is 8.04. The Morgan fingerprint density at radius 2 is 1.59 bits per heavy atom. The molecule has 0 aliphatic carbocycles. The van der Waals surface area contributed by atoms with Gasteiger partial charge in [0.25, 0.3) is 0 Å². The Labute approximate surface area is 179 Å². The molecule has 0 radical (unpaired) electrons. The van der Waals surface area contributed by atoms with E-state index in [0.717, 1.165) is 36.5 Å². The van der Waals surface area contributed by atoms with Gasteiger partial charge in [-0.15, -0.1) is 11.8 Å². The number of carbonyl (C=O) groups excluding carboxylic acids is 1. The van der Waals surface area contributed by atoms with E-state index in [0.29, 0.717) is 0 Å². The van der Waals surface area contributed by atoms with Crippen LogP contribution in [0.1, 0.15) is 60.9 Å². The van der Waals surface area contributed by atoms with Crippen LogP contribution in [0, 0.1) is 0 Å². The van der Waals surface area contributed by atoms with Gasteiger partial charge in [-0.2, -0.15) is 0 Å². The molecular weight excluding hydrogens is 374 g/mol. The molecule has 3 rings (SSSR count). The molecule has 0 bridgehead atoms. The predicted octanol–water partition coefficient (Wildman–Crippen LogP) is 6.77. The molecule has 2 aromatic carbocycles.